The van der Waals surface area contributed by atoms with Crippen molar-refractivity contribution < 1.29 is 9.47 Å². The van der Waals surface area contributed by atoms with Gasteiger partial charge >= 0.3 is 0 Å². The summed E-state index contributed by atoms with van der Waals surface area (Å²) >= 11 is 0. The molecule has 1 spiro atoms. The highest BCUT2D eigenvalue weighted by atomic mass is 16.5. The second-order valence-electron chi connectivity index (χ2n) is 6.75. The molecule has 2 saturated heterocycles. The molecule has 1 N–H and O–H groups in total. The summed E-state index contributed by atoms with van der Waals surface area (Å²) in [5.41, 5.74) is 0.121. The average Bonchev–Trinajstić information content (AvgIpc) is 2.44. The van der Waals surface area contributed by atoms with Crippen molar-refractivity contribution in [3.8, 4) is 0 Å². The summed E-state index contributed by atoms with van der Waals surface area (Å²) in [5.74, 6) is 0. The van der Waals surface area contributed by atoms with E-state index in [-0.39, 0.29) is 5.60 Å². The second kappa shape index (κ2) is 8.35. The molecular weight excluding hydrogens is 250 g/mol. The normalized spacial score (nSPS) is 27.6. The van der Waals surface area contributed by atoms with Crippen molar-refractivity contribution in [3.05, 3.63) is 0 Å². The summed E-state index contributed by atoms with van der Waals surface area (Å²) in [6.07, 6.45) is 11.3. The third kappa shape index (κ3) is 5.01. The molecule has 0 saturated carbocycles. The predicted octanol–water partition coefficient (Wildman–Crippen LogP) is 3.66. The molecule has 0 radical (unpaired) electrons. The molecule has 2 fully saturated rings. The first-order chi connectivity index (χ1) is 9.74. The monoisotopic (exact) mass is 283 g/mol. The fraction of sp³-hybridized carbons (Fsp3) is 1.00. The van der Waals surface area contributed by atoms with E-state index in [4.69, 9.17) is 9.47 Å². The van der Waals surface area contributed by atoms with Gasteiger partial charge in [0.2, 0.25) is 0 Å². The van der Waals surface area contributed by atoms with Gasteiger partial charge in [0.25, 0.3) is 0 Å². The summed E-state index contributed by atoms with van der Waals surface area (Å²) in [6, 6.07) is 1.29. The van der Waals surface area contributed by atoms with E-state index in [1.165, 1.54) is 44.9 Å². The Bertz CT molecular complexity index is 258. The molecule has 0 aromatic heterocycles. The van der Waals surface area contributed by atoms with Crippen molar-refractivity contribution in [1.82, 2.24) is 5.32 Å². The highest BCUT2D eigenvalue weighted by molar-refractivity contribution is 4.92. The van der Waals surface area contributed by atoms with Gasteiger partial charge in [0, 0.05) is 31.9 Å². The number of rotatable bonds is 7. The zero-order valence-electron chi connectivity index (χ0n) is 13.5. The van der Waals surface area contributed by atoms with Gasteiger partial charge in [-0.05, 0) is 39.0 Å². The largest absolute Gasteiger partial charge is 0.381 e. The topological polar surface area (TPSA) is 30.5 Å². The molecule has 2 unspecified atom stereocenters. The molecule has 2 heterocycles. The smallest absolute Gasteiger partial charge is 0.0741 e. The lowest BCUT2D eigenvalue weighted by molar-refractivity contribution is -0.140. The SMILES string of the molecule is CCCCCCC(C)NC1CCOC2(CCOCC2)C1. The summed E-state index contributed by atoms with van der Waals surface area (Å²) in [5, 5.41) is 3.85. The molecule has 2 aliphatic heterocycles. The van der Waals surface area contributed by atoms with E-state index in [2.05, 4.69) is 19.2 Å². The molecule has 20 heavy (non-hydrogen) atoms. The molecule has 0 aliphatic carbocycles. The zero-order chi connectivity index (χ0) is 14.3. The van der Waals surface area contributed by atoms with Crippen LogP contribution in [0.15, 0.2) is 0 Å². The lowest BCUT2D eigenvalue weighted by Crippen LogP contribution is -2.51. The summed E-state index contributed by atoms with van der Waals surface area (Å²) in [4.78, 5) is 0. The first kappa shape index (κ1) is 16.3. The first-order valence-corrected chi connectivity index (χ1v) is 8.72. The van der Waals surface area contributed by atoms with E-state index >= 15 is 0 Å². The van der Waals surface area contributed by atoms with Crippen molar-refractivity contribution in [2.45, 2.75) is 89.3 Å². The van der Waals surface area contributed by atoms with E-state index < -0.39 is 0 Å². The molecule has 0 bridgehead atoms. The van der Waals surface area contributed by atoms with Crippen LogP contribution in [0.1, 0.15) is 71.6 Å². The fourth-order valence-corrected chi connectivity index (χ4v) is 3.62. The van der Waals surface area contributed by atoms with E-state index in [0.29, 0.717) is 12.1 Å². The average molecular weight is 283 g/mol. The van der Waals surface area contributed by atoms with Crippen molar-refractivity contribution in [1.29, 1.82) is 0 Å². The van der Waals surface area contributed by atoms with E-state index in [1.807, 2.05) is 0 Å². The van der Waals surface area contributed by atoms with Crippen LogP contribution in [0, 0.1) is 0 Å². The molecule has 2 aliphatic rings. The first-order valence-electron chi connectivity index (χ1n) is 8.72. The van der Waals surface area contributed by atoms with Crippen molar-refractivity contribution in [2.24, 2.45) is 0 Å². The maximum absolute atomic E-state index is 6.11. The van der Waals surface area contributed by atoms with Crippen molar-refractivity contribution in [2.75, 3.05) is 19.8 Å². The summed E-state index contributed by atoms with van der Waals surface area (Å²) < 4.78 is 11.6. The maximum Gasteiger partial charge on any atom is 0.0741 e. The second-order valence-corrected chi connectivity index (χ2v) is 6.75. The molecule has 0 aromatic carbocycles. The Labute approximate surface area is 124 Å². The predicted molar refractivity (Wildman–Crippen MR) is 83.1 cm³/mol. The van der Waals surface area contributed by atoms with Crippen LogP contribution in [0.4, 0.5) is 0 Å². The minimum atomic E-state index is 0.121. The van der Waals surface area contributed by atoms with Crippen LogP contribution in [0.5, 0.6) is 0 Å². The Balaban J connectivity index is 1.69. The highest BCUT2D eigenvalue weighted by Gasteiger charge is 2.39. The van der Waals surface area contributed by atoms with Crippen molar-refractivity contribution in [3.63, 3.8) is 0 Å². The molecule has 3 nitrogen and oxygen atoms in total. The highest BCUT2D eigenvalue weighted by Crippen LogP contribution is 2.34. The van der Waals surface area contributed by atoms with Crippen LogP contribution in [0.25, 0.3) is 0 Å². The molecule has 3 heteroatoms. The lowest BCUT2D eigenvalue weighted by Gasteiger charge is -2.44. The third-order valence-corrected chi connectivity index (χ3v) is 4.91. The van der Waals surface area contributed by atoms with Crippen LogP contribution in [0.2, 0.25) is 0 Å². The van der Waals surface area contributed by atoms with Crippen LogP contribution < -0.4 is 5.32 Å². The van der Waals surface area contributed by atoms with Gasteiger partial charge < -0.3 is 14.8 Å². The van der Waals surface area contributed by atoms with Gasteiger partial charge in [0.15, 0.2) is 0 Å². The summed E-state index contributed by atoms with van der Waals surface area (Å²) in [6.45, 7) is 7.29. The number of unbranched alkanes of at least 4 members (excludes halogenated alkanes) is 3. The molecule has 118 valence electrons. The van der Waals surface area contributed by atoms with Gasteiger partial charge in [-0.1, -0.05) is 32.6 Å². The molecule has 2 atom stereocenters. The lowest BCUT2D eigenvalue weighted by atomic mass is 9.84. The van der Waals surface area contributed by atoms with Crippen LogP contribution >= 0.6 is 0 Å². The Hall–Kier alpha value is -0.120. The zero-order valence-corrected chi connectivity index (χ0v) is 13.5. The molecule has 0 amide bonds. The quantitative estimate of drug-likeness (QED) is 0.723. The maximum atomic E-state index is 6.11. The van der Waals surface area contributed by atoms with Gasteiger partial charge in [0.05, 0.1) is 5.60 Å². The Kier molecular flexibility index (Phi) is 6.79. The van der Waals surface area contributed by atoms with E-state index in [9.17, 15) is 0 Å². The molecule has 2 rings (SSSR count). The standard InChI is InChI=1S/C17H33NO2/c1-3-4-5-6-7-15(2)18-16-8-11-20-17(14-16)9-12-19-13-10-17/h15-16,18H,3-14H2,1-2H3. The molecular formula is C17H33NO2. The van der Waals surface area contributed by atoms with Gasteiger partial charge in [0.1, 0.15) is 0 Å². The minimum Gasteiger partial charge on any atom is -0.381 e. The van der Waals surface area contributed by atoms with Crippen LogP contribution in [-0.2, 0) is 9.47 Å². The molecule has 0 aromatic rings. The summed E-state index contributed by atoms with van der Waals surface area (Å²) in [7, 11) is 0. The van der Waals surface area contributed by atoms with Crippen molar-refractivity contribution >= 4 is 0 Å². The Morgan fingerprint density at radius 3 is 2.70 bits per heavy atom. The number of nitrogens with one attached hydrogen (secondary N) is 1. The van der Waals surface area contributed by atoms with Gasteiger partial charge in [-0.15, -0.1) is 0 Å². The fourth-order valence-electron chi connectivity index (χ4n) is 3.62. The van der Waals surface area contributed by atoms with Gasteiger partial charge in [-0.25, -0.2) is 0 Å². The minimum absolute atomic E-state index is 0.121. The van der Waals surface area contributed by atoms with Gasteiger partial charge in [-0.2, -0.15) is 0 Å². The number of ether oxygens (including phenoxy) is 2. The van der Waals surface area contributed by atoms with E-state index in [1.54, 1.807) is 0 Å². The number of hydrogen-bond acceptors (Lipinski definition) is 3. The third-order valence-electron chi connectivity index (χ3n) is 4.91. The van der Waals surface area contributed by atoms with Crippen LogP contribution in [-0.4, -0.2) is 37.5 Å². The van der Waals surface area contributed by atoms with E-state index in [0.717, 1.165) is 32.7 Å². The Morgan fingerprint density at radius 2 is 1.95 bits per heavy atom. The Morgan fingerprint density at radius 1 is 1.15 bits per heavy atom. The van der Waals surface area contributed by atoms with Gasteiger partial charge in [-0.3, -0.25) is 0 Å². The van der Waals surface area contributed by atoms with Crippen LogP contribution in [0.3, 0.4) is 0 Å². The number of hydrogen-bond donors (Lipinski definition) is 1.